The molecule has 3 rings (SSSR count). The number of amides is 1. The number of anilines is 2. The van der Waals surface area contributed by atoms with Crippen molar-refractivity contribution in [2.24, 2.45) is 0 Å². The SMILES string of the molecule is O=C(Nc1ccc(N2CCCCC2)cc1)c1ccccc1S. The maximum atomic E-state index is 12.3. The molecule has 0 saturated carbocycles. The third kappa shape index (κ3) is 3.45. The van der Waals surface area contributed by atoms with E-state index in [1.54, 1.807) is 6.07 Å². The number of carbonyl (C=O) groups is 1. The van der Waals surface area contributed by atoms with Crippen molar-refractivity contribution >= 4 is 29.9 Å². The summed E-state index contributed by atoms with van der Waals surface area (Å²) in [7, 11) is 0. The quantitative estimate of drug-likeness (QED) is 0.832. The van der Waals surface area contributed by atoms with Crippen LogP contribution in [0.25, 0.3) is 0 Å². The van der Waals surface area contributed by atoms with E-state index in [1.165, 1.54) is 24.9 Å². The molecule has 0 bridgehead atoms. The highest BCUT2D eigenvalue weighted by Gasteiger charge is 2.12. The molecule has 1 amide bonds. The molecule has 0 aromatic heterocycles. The zero-order chi connectivity index (χ0) is 15.4. The van der Waals surface area contributed by atoms with Gasteiger partial charge in [0.15, 0.2) is 0 Å². The van der Waals surface area contributed by atoms with Crippen molar-refractivity contribution in [2.75, 3.05) is 23.3 Å². The zero-order valence-electron chi connectivity index (χ0n) is 12.5. The van der Waals surface area contributed by atoms with Crippen molar-refractivity contribution in [2.45, 2.75) is 24.2 Å². The molecule has 3 nitrogen and oxygen atoms in total. The van der Waals surface area contributed by atoms with Crippen LogP contribution in [0.1, 0.15) is 29.6 Å². The second-order valence-corrected chi connectivity index (χ2v) is 6.05. The van der Waals surface area contributed by atoms with Gasteiger partial charge in [0, 0.05) is 29.4 Å². The molecule has 1 heterocycles. The maximum Gasteiger partial charge on any atom is 0.256 e. The molecular weight excluding hydrogens is 292 g/mol. The average molecular weight is 312 g/mol. The smallest absolute Gasteiger partial charge is 0.256 e. The van der Waals surface area contributed by atoms with E-state index in [1.807, 2.05) is 30.3 Å². The minimum Gasteiger partial charge on any atom is -0.372 e. The first-order valence-corrected chi connectivity index (χ1v) is 8.13. The Bertz CT molecular complexity index is 648. The average Bonchev–Trinajstić information content (AvgIpc) is 2.57. The number of thiol groups is 1. The van der Waals surface area contributed by atoms with E-state index in [0.29, 0.717) is 10.5 Å². The molecule has 0 spiro atoms. The van der Waals surface area contributed by atoms with Crippen LogP contribution in [0, 0.1) is 0 Å². The van der Waals surface area contributed by atoms with Gasteiger partial charge in [-0.25, -0.2) is 0 Å². The number of hydrogen-bond acceptors (Lipinski definition) is 3. The van der Waals surface area contributed by atoms with E-state index in [9.17, 15) is 4.79 Å². The molecule has 0 radical (unpaired) electrons. The number of nitrogens with zero attached hydrogens (tertiary/aromatic N) is 1. The number of nitrogens with one attached hydrogen (secondary N) is 1. The van der Waals surface area contributed by atoms with Crippen molar-refractivity contribution in [3.05, 3.63) is 54.1 Å². The first-order chi connectivity index (χ1) is 10.7. The van der Waals surface area contributed by atoms with Crippen molar-refractivity contribution in [1.29, 1.82) is 0 Å². The van der Waals surface area contributed by atoms with Gasteiger partial charge in [0.2, 0.25) is 0 Å². The second-order valence-electron chi connectivity index (χ2n) is 5.57. The molecule has 0 unspecified atom stereocenters. The lowest BCUT2D eigenvalue weighted by Gasteiger charge is -2.28. The van der Waals surface area contributed by atoms with Crippen LogP contribution < -0.4 is 10.2 Å². The van der Waals surface area contributed by atoms with Gasteiger partial charge in [0.25, 0.3) is 5.91 Å². The Morgan fingerprint density at radius 3 is 2.32 bits per heavy atom. The Morgan fingerprint density at radius 2 is 1.64 bits per heavy atom. The van der Waals surface area contributed by atoms with Crippen LogP contribution in [-0.2, 0) is 0 Å². The van der Waals surface area contributed by atoms with E-state index in [4.69, 9.17) is 0 Å². The molecule has 2 aromatic carbocycles. The summed E-state index contributed by atoms with van der Waals surface area (Å²) >= 11 is 4.32. The predicted molar refractivity (Wildman–Crippen MR) is 94.2 cm³/mol. The monoisotopic (exact) mass is 312 g/mol. The van der Waals surface area contributed by atoms with Gasteiger partial charge in [0.05, 0.1) is 5.56 Å². The predicted octanol–water partition coefficient (Wildman–Crippen LogP) is 4.22. The molecule has 0 atom stereocenters. The van der Waals surface area contributed by atoms with Gasteiger partial charge < -0.3 is 10.2 Å². The summed E-state index contributed by atoms with van der Waals surface area (Å²) < 4.78 is 0. The number of rotatable bonds is 3. The van der Waals surface area contributed by atoms with E-state index in [2.05, 4.69) is 35.0 Å². The third-order valence-electron chi connectivity index (χ3n) is 4.00. The molecule has 1 N–H and O–H groups in total. The van der Waals surface area contributed by atoms with Crippen LogP contribution >= 0.6 is 12.6 Å². The molecule has 1 fully saturated rings. The Labute approximate surface area is 136 Å². The molecule has 1 aliphatic heterocycles. The molecule has 114 valence electrons. The molecule has 22 heavy (non-hydrogen) atoms. The number of benzene rings is 2. The van der Waals surface area contributed by atoms with Gasteiger partial charge in [-0.15, -0.1) is 12.6 Å². The normalized spacial score (nSPS) is 14.7. The van der Waals surface area contributed by atoms with Crippen molar-refractivity contribution in [3.8, 4) is 0 Å². The standard InChI is InChI=1S/C18H20N2OS/c21-18(16-6-2-3-7-17(16)22)19-14-8-10-15(11-9-14)20-12-4-1-5-13-20/h2-3,6-11,22H,1,4-5,12-13H2,(H,19,21). The Hall–Kier alpha value is -1.94. The van der Waals surface area contributed by atoms with Crippen molar-refractivity contribution < 1.29 is 4.79 Å². The van der Waals surface area contributed by atoms with Crippen LogP contribution in [0.2, 0.25) is 0 Å². The number of hydrogen-bond donors (Lipinski definition) is 2. The maximum absolute atomic E-state index is 12.3. The Kier molecular flexibility index (Phi) is 4.68. The lowest BCUT2D eigenvalue weighted by molar-refractivity contribution is 0.102. The lowest BCUT2D eigenvalue weighted by Crippen LogP contribution is -2.29. The summed E-state index contributed by atoms with van der Waals surface area (Å²) in [6.07, 6.45) is 3.85. The summed E-state index contributed by atoms with van der Waals surface area (Å²) in [5, 5.41) is 2.92. The van der Waals surface area contributed by atoms with Crippen LogP contribution in [0.5, 0.6) is 0 Å². The lowest BCUT2D eigenvalue weighted by atomic mass is 10.1. The summed E-state index contributed by atoms with van der Waals surface area (Å²) in [6, 6.07) is 15.4. The summed E-state index contributed by atoms with van der Waals surface area (Å²) in [6.45, 7) is 2.25. The molecule has 0 aliphatic carbocycles. The fraction of sp³-hybridized carbons (Fsp3) is 0.278. The summed E-state index contributed by atoms with van der Waals surface area (Å²) in [5.74, 6) is -0.128. The molecule has 2 aromatic rings. The van der Waals surface area contributed by atoms with Gasteiger partial charge in [-0.1, -0.05) is 12.1 Å². The topological polar surface area (TPSA) is 32.3 Å². The van der Waals surface area contributed by atoms with Gasteiger partial charge >= 0.3 is 0 Å². The molecule has 4 heteroatoms. The minimum atomic E-state index is -0.128. The van der Waals surface area contributed by atoms with Crippen LogP contribution in [0.4, 0.5) is 11.4 Å². The number of piperidine rings is 1. The second kappa shape index (κ2) is 6.88. The molecular formula is C18H20N2OS. The third-order valence-corrected chi connectivity index (χ3v) is 4.39. The van der Waals surface area contributed by atoms with E-state index >= 15 is 0 Å². The molecule has 1 aliphatic rings. The highest BCUT2D eigenvalue weighted by atomic mass is 32.1. The number of carbonyl (C=O) groups excluding carboxylic acids is 1. The Morgan fingerprint density at radius 1 is 0.955 bits per heavy atom. The van der Waals surface area contributed by atoms with Gasteiger partial charge in [0.1, 0.15) is 0 Å². The molecule has 1 saturated heterocycles. The highest BCUT2D eigenvalue weighted by molar-refractivity contribution is 7.80. The van der Waals surface area contributed by atoms with E-state index in [0.717, 1.165) is 18.8 Å². The van der Waals surface area contributed by atoms with Crippen molar-refractivity contribution in [3.63, 3.8) is 0 Å². The highest BCUT2D eigenvalue weighted by Crippen LogP contribution is 2.22. The first-order valence-electron chi connectivity index (χ1n) is 7.68. The zero-order valence-corrected chi connectivity index (χ0v) is 13.4. The summed E-state index contributed by atoms with van der Waals surface area (Å²) in [4.78, 5) is 15.3. The van der Waals surface area contributed by atoms with Crippen molar-refractivity contribution in [1.82, 2.24) is 0 Å². The van der Waals surface area contributed by atoms with E-state index < -0.39 is 0 Å². The van der Waals surface area contributed by atoms with Crippen LogP contribution in [-0.4, -0.2) is 19.0 Å². The largest absolute Gasteiger partial charge is 0.372 e. The minimum absolute atomic E-state index is 0.128. The van der Waals surface area contributed by atoms with Crippen LogP contribution in [0.3, 0.4) is 0 Å². The van der Waals surface area contributed by atoms with Crippen LogP contribution in [0.15, 0.2) is 53.4 Å². The fourth-order valence-electron chi connectivity index (χ4n) is 2.77. The van der Waals surface area contributed by atoms with Gasteiger partial charge in [-0.05, 0) is 55.7 Å². The Balaban J connectivity index is 1.68. The van der Waals surface area contributed by atoms with Gasteiger partial charge in [-0.3, -0.25) is 4.79 Å². The summed E-state index contributed by atoms with van der Waals surface area (Å²) in [5.41, 5.74) is 2.63. The fourth-order valence-corrected chi connectivity index (χ4v) is 3.03. The van der Waals surface area contributed by atoms with E-state index in [-0.39, 0.29) is 5.91 Å². The first kappa shape index (κ1) is 15.0. The van der Waals surface area contributed by atoms with Gasteiger partial charge in [-0.2, -0.15) is 0 Å².